The molecule has 1 aromatic carbocycles. The highest BCUT2D eigenvalue weighted by atomic mass is 19.1. The number of amides is 1. The number of aryl methyl sites for hydroxylation is 1. The maximum absolute atomic E-state index is 16.1. The highest BCUT2D eigenvalue weighted by molar-refractivity contribution is 5.92. The van der Waals surface area contributed by atoms with E-state index in [0.29, 0.717) is 31.0 Å². The normalized spacial score (nSPS) is 16.3. The van der Waals surface area contributed by atoms with E-state index in [1.807, 2.05) is 32.6 Å². The third-order valence-corrected chi connectivity index (χ3v) is 7.84. The molecule has 1 amide bonds. The molecule has 222 valence electrons. The molecule has 0 saturated carbocycles. The third-order valence-electron chi connectivity index (χ3n) is 7.84. The zero-order valence-corrected chi connectivity index (χ0v) is 24.2. The molecule has 2 aliphatic rings. The predicted molar refractivity (Wildman–Crippen MR) is 157 cm³/mol. The maximum Gasteiger partial charge on any atom is 0.355 e. The van der Waals surface area contributed by atoms with Gasteiger partial charge in [0, 0.05) is 31.9 Å². The number of nitrogens with zero attached hydrogens (tertiary/aromatic N) is 6. The molecular weight excluding hydrogens is 558 g/mol. The molecule has 0 radical (unpaired) electrons. The van der Waals surface area contributed by atoms with Crippen LogP contribution in [0.25, 0.3) is 28.0 Å². The molecule has 6 rings (SSSR count). The number of hydrogen-bond acceptors (Lipinski definition) is 8. The quantitative estimate of drug-likeness (QED) is 0.314. The summed E-state index contributed by atoms with van der Waals surface area (Å²) >= 11 is 0. The molecule has 4 aromatic rings. The highest BCUT2D eigenvalue weighted by Gasteiger charge is 2.32. The average molecular weight is 589 g/mol. The Morgan fingerprint density at radius 3 is 2.65 bits per heavy atom. The zero-order valence-electron chi connectivity index (χ0n) is 24.2. The van der Waals surface area contributed by atoms with E-state index in [0.717, 1.165) is 11.6 Å². The Morgan fingerprint density at radius 2 is 1.93 bits per heavy atom. The summed E-state index contributed by atoms with van der Waals surface area (Å²) in [5, 5.41) is 0.249. The van der Waals surface area contributed by atoms with Crippen molar-refractivity contribution in [3.05, 3.63) is 76.5 Å². The van der Waals surface area contributed by atoms with Crippen molar-refractivity contribution >= 4 is 22.8 Å². The summed E-state index contributed by atoms with van der Waals surface area (Å²) in [6.45, 7) is 12.1. The van der Waals surface area contributed by atoms with Crippen molar-refractivity contribution in [1.29, 1.82) is 0 Å². The smallest absolute Gasteiger partial charge is 0.355 e. The van der Waals surface area contributed by atoms with Crippen molar-refractivity contribution in [2.45, 2.75) is 39.7 Å². The van der Waals surface area contributed by atoms with Gasteiger partial charge in [0.05, 0.1) is 22.3 Å². The van der Waals surface area contributed by atoms with Crippen LogP contribution in [0.4, 0.5) is 14.6 Å². The van der Waals surface area contributed by atoms with E-state index in [1.54, 1.807) is 17.2 Å². The van der Waals surface area contributed by atoms with Crippen LogP contribution in [0.5, 0.6) is 11.5 Å². The number of carbonyl (C=O) groups is 1. The first-order chi connectivity index (χ1) is 20.6. The summed E-state index contributed by atoms with van der Waals surface area (Å²) in [7, 11) is 0. The van der Waals surface area contributed by atoms with Crippen LogP contribution in [0.1, 0.15) is 37.9 Å². The van der Waals surface area contributed by atoms with E-state index in [9.17, 15) is 9.59 Å². The Labute approximate surface area is 246 Å². The minimum atomic E-state index is -0.830. The second-order valence-electron chi connectivity index (χ2n) is 10.9. The first kappa shape index (κ1) is 28.3. The Balaban J connectivity index is 1.65. The number of piperazine rings is 1. The van der Waals surface area contributed by atoms with Crippen molar-refractivity contribution in [1.82, 2.24) is 24.4 Å². The van der Waals surface area contributed by atoms with Gasteiger partial charge in [-0.3, -0.25) is 9.78 Å². The Hall–Kier alpha value is -4.87. The highest BCUT2D eigenvalue weighted by Crippen LogP contribution is 2.44. The topological polar surface area (TPSA) is 103 Å². The zero-order chi connectivity index (χ0) is 30.6. The second-order valence-corrected chi connectivity index (χ2v) is 10.9. The first-order valence-corrected chi connectivity index (χ1v) is 14.0. The molecule has 43 heavy (non-hydrogen) atoms. The number of benzene rings is 1. The maximum atomic E-state index is 16.1. The summed E-state index contributed by atoms with van der Waals surface area (Å²) in [6, 6.07) is 5.29. The average Bonchev–Trinajstić information content (AvgIpc) is 3.46. The van der Waals surface area contributed by atoms with E-state index < -0.39 is 17.3 Å². The molecule has 0 unspecified atom stereocenters. The van der Waals surface area contributed by atoms with Gasteiger partial charge in [-0.1, -0.05) is 20.4 Å². The predicted octanol–water partition coefficient (Wildman–Crippen LogP) is 4.50. The van der Waals surface area contributed by atoms with Gasteiger partial charge in [-0.05, 0) is 55.7 Å². The first-order valence-electron chi connectivity index (χ1n) is 14.0. The van der Waals surface area contributed by atoms with E-state index in [4.69, 9.17) is 9.47 Å². The SMILES string of the molecule is C=CC(=O)N1CCN(c2nc(=O)n(-c3c(C)ccnc3C(C)C)c3nc(-c4c(F)ccc5c4OCO5)c(F)cc23)[C@@H](C)C1. The van der Waals surface area contributed by atoms with Gasteiger partial charge in [-0.2, -0.15) is 4.98 Å². The van der Waals surface area contributed by atoms with Crippen LogP contribution in [-0.2, 0) is 4.79 Å². The molecule has 5 heterocycles. The van der Waals surface area contributed by atoms with Gasteiger partial charge in [0.2, 0.25) is 12.7 Å². The van der Waals surface area contributed by atoms with Gasteiger partial charge in [-0.15, -0.1) is 0 Å². The minimum absolute atomic E-state index is 0.0333. The van der Waals surface area contributed by atoms with Crippen LogP contribution >= 0.6 is 0 Å². The Morgan fingerprint density at radius 1 is 1.14 bits per heavy atom. The number of fused-ring (bicyclic) bond motifs is 2. The Kier molecular flexibility index (Phi) is 7.07. The molecule has 12 heteroatoms. The van der Waals surface area contributed by atoms with E-state index in [1.165, 1.54) is 22.8 Å². The van der Waals surface area contributed by atoms with Gasteiger partial charge < -0.3 is 19.3 Å². The lowest BCUT2D eigenvalue weighted by atomic mass is 10.0. The fourth-order valence-electron chi connectivity index (χ4n) is 5.76. The number of halogens is 2. The molecule has 1 fully saturated rings. The number of rotatable bonds is 5. The van der Waals surface area contributed by atoms with Gasteiger partial charge >= 0.3 is 5.69 Å². The van der Waals surface area contributed by atoms with Gasteiger partial charge in [0.15, 0.2) is 23.0 Å². The standard InChI is InChI=1S/C31H30F2N6O4/c1-6-23(40)37-11-12-38(18(5)14-37)29-19-13-21(33)26(24-20(32)7-8-22-28(24)43-15-42-22)35-30(19)39(31(41)36-29)27-17(4)9-10-34-25(27)16(2)3/h6-10,13,16,18H,1,11-12,14-15H2,2-5H3/t18-/m0/s1. The number of aromatic nitrogens is 4. The molecule has 0 aliphatic carbocycles. The van der Waals surface area contributed by atoms with Crippen molar-refractivity contribution in [2.24, 2.45) is 0 Å². The van der Waals surface area contributed by atoms with Gasteiger partial charge in [0.25, 0.3) is 0 Å². The van der Waals surface area contributed by atoms with Crippen molar-refractivity contribution in [3.63, 3.8) is 0 Å². The molecule has 0 bridgehead atoms. The fraction of sp³-hybridized carbons (Fsp3) is 0.323. The lowest BCUT2D eigenvalue weighted by Crippen LogP contribution is -2.54. The molecule has 0 spiro atoms. The summed E-state index contributed by atoms with van der Waals surface area (Å²) in [5.41, 5.74) is 0.724. The van der Waals surface area contributed by atoms with Crippen molar-refractivity contribution in [2.75, 3.05) is 31.3 Å². The van der Waals surface area contributed by atoms with Crippen LogP contribution < -0.4 is 20.1 Å². The molecule has 1 atom stereocenters. The van der Waals surface area contributed by atoms with Crippen LogP contribution in [0, 0.1) is 18.6 Å². The Bertz CT molecular complexity index is 1860. The van der Waals surface area contributed by atoms with Gasteiger partial charge in [0.1, 0.15) is 17.3 Å². The summed E-state index contributed by atoms with van der Waals surface area (Å²) in [4.78, 5) is 43.4. The molecule has 10 nitrogen and oxygen atoms in total. The molecule has 2 aliphatic heterocycles. The number of pyridine rings is 2. The summed E-state index contributed by atoms with van der Waals surface area (Å²) in [5.74, 6) is -1.35. The van der Waals surface area contributed by atoms with Crippen LogP contribution in [0.2, 0.25) is 0 Å². The van der Waals surface area contributed by atoms with E-state index in [-0.39, 0.29) is 64.3 Å². The van der Waals surface area contributed by atoms with Gasteiger partial charge in [-0.25, -0.2) is 23.1 Å². The molecule has 0 N–H and O–H groups in total. The number of ether oxygens (including phenoxy) is 2. The minimum Gasteiger partial charge on any atom is -0.454 e. The number of hydrogen-bond donors (Lipinski definition) is 0. The molecule has 1 saturated heterocycles. The molecule has 3 aromatic heterocycles. The lowest BCUT2D eigenvalue weighted by molar-refractivity contribution is -0.126. The molecular formula is C31H30F2N6O4. The largest absolute Gasteiger partial charge is 0.454 e. The summed E-state index contributed by atoms with van der Waals surface area (Å²) < 4.78 is 43.6. The third kappa shape index (κ3) is 4.66. The number of anilines is 1. The number of carbonyl (C=O) groups excluding carboxylic acids is 1. The monoisotopic (exact) mass is 588 g/mol. The van der Waals surface area contributed by atoms with Crippen LogP contribution in [0.15, 0.2) is 47.9 Å². The fourth-order valence-corrected chi connectivity index (χ4v) is 5.76. The van der Waals surface area contributed by atoms with E-state index >= 15 is 8.78 Å². The van der Waals surface area contributed by atoms with E-state index in [2.05, 4.69) is 21.5 Å². The van der Waals surface area contributed by atoms with Crippen molar-refractivity contribution < 1.29 is 23.0 Å². The lowest BCUT2D eigenvalue weighted by Gasteiger charge is -2.40. The van der Waals surface area contributed by atoms with Crippen molar-refractivity contribution in [3.8, 4) is 28.4 Å². The van der Waals surface area contributed by atoms with Crippen LogP contribution in [-0.4, -0.2) is 62.8 Å². The summed E-state index contributed by atoms with van der Waals surface area (Å²) in [6.07, 6.45) is 2.92. The second kappa shape index (κ2) is 10.8. The van der Waals surface area contributed by atoms with Crippen LogP contribution in [0.3, 0.4) is 0 Å².